The minimum absolute atomic E-state index is 0.187. The van der Waals surface area contributed by atoms with Gasteiger partial charge in [0.1, 0.15) is 5.82 Å². The summed E-state index contributed by atoms with van der Waals surface area (Å²) in [7, 11) is 0. The van der Waals surface area contributed by atoms with Gasteiger partial charge in [0, 0.05) is 4.90 Å². The molecular formula is C9H9FO2S. The summed E-state index contributed by atoms with van der Waals surface area (Å²) in [6.07, 6.45) is 0. The first kappa shape index (κ1) is 10.1. The summed E-state index contributed by atoms with van der Waals surface area (Å²) in [5.74, 6) is -1.02. The fourth-order valence-corrected chi connectivity index (χ4v) is 1.17. The van der Waals surface area contributed by atoms with Crippen molar-refractivity contribution in [3.63, 3.8) is 0 Å². The highest BCUT2D eigenvalue weighted by atomic mass is 32.1. The van der Waals surface area contributed by atoms with Crippen LogP contribution in [0.15, 0.2) is 23.1 Å². The van der Waals surface area contributed by atoms with E-state index in [1.54, 1.807) is 6.92 Å². The minimum atomic E-state index is -0.530. The van der Waals surface area contributed by atoms with E-state index in [1.165, 1.54) is 12.1 Å². The van der Waals surface area contributed by atoms with Gasteiger partial charge < -0.3 is 4.74 Å². The van der Waals surface area contributed by atoms with Gasteiger partial charge in [-0.2, -0.15) is 0 Å². The first-order chi connectivity index (χ1) is 6.13. The third kappa shape index (κ3) is 2.73. The third-order valence-electron chi connectivity index (χ3n) is 1.39. The number of hydrogen-bond acceptors (Lipinski definition) is 3. The van der Waals surface area contributed by atoms with Gasteiger partial charge in [0.25, 0.3) is 0 Å². The standard InChI is InChI=1S/C9H9FO2S/c1-2-12-9(11)6-3-7(10)5-8(13)4-6/h3-5,13H,2H2,1H3. The Bertz CT molecular complexity index is 305. The first-order valence-electron chi connectivity index (χ1n) is 3.80. The number of carbonyl (C=O) groups is 1. The van der Waals surface area contributed by atoms with Gasteiger partial charge in [-0.15, -0.1) is 12.6 Å². The third-order valence-corrected chi connectivity index (χ3v) is 1.65. The van der Waals surface area contributed by atoms with Gasteiger partial charge >= 0.3 is 5.97 Å². The quantitative estimate of drug-likeness (QED) is 0.585. The van der Waals surface area contributed by atoms with Crippen LogP contribution in [0, 0.1) is 5.82 Å². The zero-order valence-electron chi connectivity index (χ0n) is 7.08. The molecule has 0 spiro atoms. The van der Waals surface area contributed by atoms with E-state index in [-0.39, 0.29) is 12.2 Å². The highest BCUT2D eigenvalue weighted by Crippen LogP contribution is 2.13. The highest BCUT2D eigenvalue weighted by Gasteiger charge is 2.07. The Labute approximate surface area is 81.1 Å². The average Bonchev–Trinajstić information content (AvgIpc) is 2.03. The smallest absolute Gasteiger partial charge is 0.338 e. The lowest BCUT2D eigenvalue weighted by molar-refractivity contribution is 0.0525. The number of carbonyl (C=O) groups excluding carboxylic acids is 1. The summed E-state index contributed by atoms with van der Waals surface area (Å²) < 4.78 is 17.5. The van der Waals surface area contributed by atoms with Crippen molar-refractivity contribution in [2.75, 3.05) is 6.61 Å². The molecule has 0 amide bonds. The van der Waals surface area contributed by atoms with E-state index in [4.69, 9.17) is 4.74 Å². The summed E-state index contributed by atoms with van der Waals surface area (Å²) in [5, 5.41) is 0. The lowest BCUT2D eigenvalue weighted by atomic mass is 10.2. The monoisotopic (exact) mass is 200 g/mol. The van der Waals surface area contributed by atoms with E-state index < -0.39 is 11.8 Å². The molecule has 0 aliphatic heterocycles. The molecule has 0 heterocycles. The fraction of sp³-hybridized carbons (Fsp3) is 0.222. The van der Waals surface area contributed by atoms with Crippen LogP contribution >= 0.6 is 12.6 Å². The van der Waals surface area contributed by atoms with Crippen LogP contribution < -0.4 is 0 Å². The Morgan fingerprint density at radius 3 is 2.77 bits per heavy atom. The molecule has 70 valence electrons. The second-order valence-corrected chi connectivity index (χ2v) is 2.93. The van der Waals surface area contributed by atoms with Crippen molar-refractivity contribution >= 4 is 18.6 Å². The molecule has 0 fully saturated rings. The number of thiol groups is 1. The van der Waals surface area contributed by atoms with Crippen LogP contribution in [-0.4, -0.2) is 12.6 Å². The second-order valence-electron chi connectivity index (χ2n) is 2.42. The Kier molecular flexibility index (Phi) is 3.31. The van der Waals surface area contributed by atoms with Gasteiger partial charge in [0.05, 0.1) is 12.2 Å². The number of ether oxygens (including phenoxy) is 1. The maximum atomic E-state index is 12.8. The summed E-state index contributed by atoms with van der Waals surface area (Å²) in [6, 6.07) is 3.81. The highest BCUT2D eigenvalue weighted by molar-refractivity contribution is 7.80. The molecule has 0 bridgehead atoms. The van der Waals surface area contributed by atoms with Crippen molar-refractivity contribution < 1.29 is 13.9 Å². The van der Waals surface area contributed by atoms with Crippen LogP contribution in [0.5, 0.6) is 0 Å². The number of halogens is 1. The zero-order valence-corrected chi connectivity index (χ0v) is 7.98. The number of benzene rings is 1. The SMILES string of the molecule is CCOC(=O)c1cc(F)cc(S)c1. The number of esters is 1. The molecule has 2 nitrogen and oxygen atoms in total. The molecule has 0 N–H and O–H groups in total. The first-order valence-corrected chi connectivity index (χ1v) is 4.25. The summed E-state index contributed by atoms with van der Waals surface area (Å²) in [5.41, 5.74) is 0.187. The largest absolute Gasteiger partial charge is 0.462 e. The van der Waals surface area contributed by atoms with Crippen molar-refractivity contribution in [2.24, 2.45) is 0 Å². The number of hydrogen-bond donors (Lipinski definition) is 1. The minimum Gasteiger partial charge on any atom is -0.462 e. The van der Waals surface area contributed by atoms with Crippen LogP contribution in [0.25, 0.3) is 0 Å². The van der Waals surface area contributed by atoms with Gasteiger partial charge in [-0.25, -0.2) is 9.18 Å². The molecule has 0 atom stereocenters. The summed E-state index contributed by atoms with van der Waals surface area (Å²) >= 11 is 3.94. The van der Waals surface area contributed by atoms with E-state index in [2.05, 4.69) is 12.6 Å². The molecule has 1 aromatic rings. The van der Waals surface area contributed by atoms with E-state index in [0.717, 1.165) is 6.07 Å². The van der Waals surface area contributed by atoms with Crippen LogP contribution in [0.1, 0.15) is 17.3 Å². The molecule has 13 heavy (non-hydrogen) atoms. The van der Waals surface area contributed by atoms with Crippen molar-refractivity contribution in [3.05, 3.63) is 29.6 Å². The van der Waals surface area contributed by atoms with E-state index in [9.17, 15) is 9.18 Å². The topological polar surface area (TPSA) is 26.3 Å². The predicted molar refractivity (Wildman–Crippen MR) is 49.6 cm³/mol. The molecule has 0 aliphatic rings. The van der Waals surface area contributed by atoms with Crippen LogP contribution in [0.4, 0.5) is 4.39 Å². The molecule has 0 aromatic heterocycles. The fourth-order valence-electron chi connectivity index (χ4n) is 0.906. The van der Waals surface area contributed by atoms with Crippen LogP contribution in [-0.2, 0) is 4.74 Å². The Morgan fingerprint density at radius 1 is 1.54 bits per heavy atom. The summed E-state index contributed by atoms with van der Waals surface area (Å²) in [4.78, 5) is 11.5. The molecule has 4 heteroatoms. The molecule has 1 rings (SSSR count). The maximum Gasteiger partial charge on any atom is 0.338 e. The maximum absolute atomic E-state index is 12.8. The lowest BCUT2D eigenvalue weighted by Gasteiger charge is -2.02. The number of rotatable bonds is 2. The molecule has 1 aromatic carbocycles. The van der Waals surface area contributed by atoms with Gasteiger partial charge in [-0.05, 0) is 25.1 Å². The van der Waals surface area contributed by atoms with Crippen molar-refractivity contribution in [2.45, 2.75) is 11.8 Å². The second kappa shape index (κ2) is 4.28. The predicted octanol–water partition coefficient (Wildman–Crippen LogP) is 2.29. The molecule has 0 saturated carbocycles. The molecular weight excluding hydrogens is 191 g/mol. The molecule has 0 saturated heterocycles. The lowest BCUT2D eigenvalue weighted by Crippen LogP contribution is -2.04. The van der Waals surface area contributed by atoms with E-state index in [1.807, 2.05) is 0 Å². The van der Waals surface area contributed by atoms with Crippen molar-refractivity contribution in [1.82, 2.24) is 0 Å². The van der Waals surface area contributed by atoms with Crippen LogP contribution in [0.2, 0.25) is 0 Å². The Balaban J connectivity index is 2.94. The van der Waals surface area contributed by atoms with E-state index in [0.29, 0.717) is 4.90 Å². The van der Waals surface area contributed by atoms with Crippen LogP contribution in [0.3, 0.4) is 0 Å². The Hall–Kier alpha value is -1.03. The molecule has 0 aliphatic carbocycles. The average molecular weight is 200 g/mol. The summed E-state index contributed by atoms with van der Waals surface area (Å²) in [6.45, 7) is 1.97. The van der Waals surface area contributed by atoms with Gasteiger partial charge in [0.15, 0.2) is 0 Å². The van der Waals surface area contributed by atoms with Crippen molar-refractivity contribution in [3.8, 4) is 0 Å². The Morgan fingerprint density at radius 2 is 2.23 bits per heavy atom. The normalized spacial score (nSPS) is 9.77. The molecule has 0 unspecified atom stereocenters. The van der Waals surface area contributed by atoms with Gasteiger partial charge in [0.2, 0.25) is 0 Å². The van der Waals surface area contributed by atoms with Gasteiger partial charge in [-0.1, -0.05) is 0 Å². The zero-order chi connectivity index (χ0) is 9.84. The van der Waals surface area contributed by atoms with E-state index >= 15 is 0 Å². The molecule has 0 radical (unpaired) electrons. The van der Waals surface area contributed by atoms with Gasteiger partial charge in [-0.3, -0.25) is 0 Å². The van der Waals surface area contributed by atoms with Crippen molar-refractivity contribution in [1.29, 1.82) is 0 Å².